The van der Waals surface area contributed by atoms with Crippen molar-refractivity contribution in [2.24, 2.45) is 0 Å². The molecule has 0 spiro atoms. The number of hydrogen-bond donors (Lipinski definition) is 0. The lowest BCUT2D eigenvalue weighted by Gasteiger charge is -2.18. The number of benzene rings is 6. The Morgan fingerprint density at radius 3 is 1.33 bits per heavy atom. The van der Waals surface area contributed by atoms with Crippen molar-refractivity contribution >= 4 is 32.3 Å². The molecule has 3 heteroatoms. The van der Waals surface area contributed by atoms with E-state index in [-0.39, 0.29) is 0 Å². The van der Waals surface area contributed by atoms with Gasteiger partial charge in [0.15, 0.2) is 0 Å². The molecule has 46 heavy (non-hydrogen) atoms. The number of aromatic nitrogens is 3. The third-order valence-corrected chi connectivity index (χ3v) is 9.11. The summed E-state index contributed by atoms with van der Waals surface area (Å²) in [6.07, 6.45) is 11.2. The van der Waals surface area contributed by atoms with E-state index in [9.17, 15) is 0 Å². The number of rotatable bonds is 5. The van der Waals surface area contributed by atoms with Crippen molar-refractivity contribution in [3.63, 3.8) is 0 Å². The molecule has 0 unspecified atom stereocenters. The smallest absolute Gasteiger partial charge is 0.0346 e. The second-order valence-electron chi connectivity index (χ2n) is 11.7. The predicted octanol–water partition coefficient (Wildman–Crippen LogP) is 11.1. The van der Waals surface area contributed by atoms with Gasteiger partial charge in [-0.3, -0.25) is 15.0 Å². The Hall–Kier alpha value is -6.19. The van der Waals surface area contributed by atoms with Crippen LogP contribution in [0.25, 0.3) is 88.0 Å². The van der Waals surface area contributed by atoms with Gasteiger partial charge in [0.05, 0.1) is 0 Å². The van der Waals surface area contributed by atoms with Gasteiger partial charge in [-0.1, -0.05) is 84.9 Å². The van der Waals surface area contributed by atoms with Gasteiger partial charge in [-0.05, 0) is 119 Å². The maximum atomic E-state index is 4.41. The summed E-state index contributed by atoms with van der Waals surface area (Å²) < 4.78 is 0. The van der Waals surface area contributed by atoms with Crippen molar-refractivity contribution in [2.45, 2.75) is 0 Å². The van der Waals surface area contributed by atoms with Crippen molar-refractivity contribution in [1.82, 2.24) is 15.0 Å². The fourth-order valence-corrected chi connectivity index (χ4v) is 6.87. The third-order valence-electron chi connectivity index (χ3n) is 9.11. The summed E-state index contributed by atoms with van der Waals surface area (Å²) in [6, 6.07) is 46.2. The molecule has 9 aromatic rings. The average Bonchev–Trinajstić information content (AvgIpc) is 3.14. The molecule has 0 N–H and O–H groups in total. The Bertz CT molecular complexity index is 2430. The van der Waals surface area contributed by atoms with E-state index in [1.165, 1.54) is 65.7 Å². The van der Waals surface area contributed by atoms with Crippen molar-refractivity contribution in [2.75, 3.05) is 0 Å². The summed E-state index contributed by atoms with van der Waals surface area (Å²) in [5.74, 6) is 0. The molecule has 0 aliphatic carbocycles. The molecule has 3 heterocycles. The highest BCUT2D eigenvalue weighted by Gasteiger charge is 2.16. The Morgan fingerprint density at radius 1 is 0.304 bits per heavy atom. The minimum absolute atomic E-state index is 1.09. The summed E-state index contributed by atoms with van der Waals surface area (Å²) in [5, 5.41) is 7.63. The molecule has 0 fully saturated rings. The minimum atomic E-state index is 1.09. The largest absolute Gasteiger partial charge is 0.265 e. The van der Waals surface area contributed by atoms with Crippen LogP contribution < -0.4 is 0 Å². The molecule has 0 atom stereocenters. The monoisotopic (exact) mass is 585 g/mol. The zero-order chi connectivity index (χ0) is 30.5. The molecule has 0 saturated carbocycles. The van der Waals surface area contributed by atoms with Gasteiger partial charge in [-0.15, -0.1) is 0 Å². The van der Waals surface area contributed by atoms with Gasteiger partial charge in [0.2, 0.25) is 0 Å². The first-order valence-corrected chi connectivity index (χ1v) is 15.5. The Labute approximate surface area is 266 Å². The predicted molar refractivity (Wildman–Crippen MR) is 191 cm³/mol. The Kier molecular flexibility index (Phi) is 6.14. The van der Waals surface area contributed by atoms with Crippen LogP contribution in [0.2, 0.25) is 0 Å². The van der Waals surface area contributed by atoms with Gasteiger partial charge >= 0.3 is 0 Å². The van der Waals surface area contributed by atoms with Gasteiger partial charge in [0, 0.05) is 48.3 Å². The topological polar surface area (TPSA) is 38.7 Å². The Morgan fingerprint density at radius 2 is 0.783 bits per heavy atom. The Balaban J connectivity index is 1.24. The van der Waals surface area contributed by atoms with Gasteiger partial charge in [0.1, 0.15) is 0 Å². The zero-order valence-electron chi connectivity index (χ0n) is 24.9. The van der Waals surface area contributed by atoms with Crippen LogP contribution in [0.15, 0.2) is 165 Å². The van der Waals surface area contributed by atoms with Crippen molar-refractivity contribution in [1.29, 1.82) is 0 Å². The number of pyridine rings is 3. The summed E-state index contributed by atoms with van der Waals surface area (Å²) >= 11 is 0. The molecule has 3 aromatic heterocycles. The van der Waals surface area contributed by atoms with E-state index in [0.717, 1.165) is 22.3 Å². The second-order valence-corrected chi connectivity index (χ2v) is 11.7. The van der Waals surface area contributed by atoms with Crippen LogP contribution in [0, 0.1) is 0 Å². The molecule has 214 valence electrons. The fraction of sp³-hybridized carbons (Fsp3) is 0. The van der Waals surface area contributed by atoms with Crippen molar-refractivity contribution in [3.05, 3.63) is 165 Å². The van der Waals surface area contributed by atoms with Crippen LogP contribution in [0.3, 0.4) is 0 Å². The first-order chi connectivity index (χ1) is 22.8. The SMILES string of the molecule is c1cncc(-c2cc(-c3cccnc3)cc(-c3ccc4ccc5ccc(-c6ccc(-c7ccncc7)cc6)c6ccc3c4c56)c2)c1. The summed E-state index contributed by atoms with van der Waals surface area (Å²) in [5.41, 5.74) is 11.6. The molecule has 6 aromatic carbocycles. The number of hydrogen-bond acceptors (Lipinski definition) is 3. The van der Waals surface area contributed by atoms with E-state index < -0.39 is 0 Å². The first-order valence-electron chi connectivity index (χ1n) is 15.5. The van der Waals surface area contributed by atoms with E-state index in [4.69, 9.17) is 0 Å². The first kappa shape index (κ1) is 26.2. The minimum Gasteiger partial charge on any atom is -0.265 e. The second kappa shape index (κ2) is 10.8. The van der Waals surface area contributed by atoms with Gasteiger partial charge in [-0.25, -0.2) is 0 Å². The van der Waals surface area contributed by atoms with Crippen LogP contribution in [-0.2, 0) is 0 Å². The highest BCUT2D eigenvalue weighted by Crippen LogP contribution is 2.43. The zero-order valence-corrected chi connectivity index (χ0v) is 24.9. The van der Waals surface area contributed by atoms with Crippen molar-refractivity contribution < 1.29 is 0 Å². The van der Waals surface area contributed by atoms with Gasteiger partial charge < -0.3 is 0 Å². The van der Waals surface area contributed by atoms with E-state index in [2.05, 4.69) is 130 Å². The highest BCUT2D eigenvalue weighted by molar-refractivity contribution is 6.27. The van der Waals surface area contributed by atoms with Crippen molar-refractivity contribution in [3.8, 4) is 55.6 Å². The lowest BCUT2D eigenvalue weighted by atomic mass is 9.86. The summed E-state index contributed by atoms with van der Waals surface area (Å²) in [7, 11) is 0. The molecule has 0 aliphatic heterocycles. The molecular formula is C43H27N3. The third kappa shape index (κ3) is 4.41. The molecule has 0 aliphatic rings. The summed E-state index contributed by atoms with van der Waals surface area (Å²) in [4.78, 5) is 13.0. The van der Waals surface area contributed by atoms with E-state index >= 15 is 0 Å². The molecule has 0 bridgehead atoms. The maximum Gasteiger partial charge on any atom is 0.0346 e. The van der Waals surface area contributed by atoms with Crippen LogP contribution in [0.1, 0.15) is 0 Å². The molecule has 3 nitrogen and oxygen atoms in total. The fourth-order valence-electron chi connectivity index (χ4n) is 6.87. The van der Waals surface area contributed by atoms with Gasteiger partial charge in [-0.2, -0.15) is 0 Å². The molecular weight excluding hydrogens is 558 g/mol. The normalized spacial score (nSPS) is 11.5. The van der Waals surface area contributed by atoms with Gasteiger partial charge in [0.25, 0.3) is 0 Å². The van der Waals surface area contributed by atoms with Crippen LogP contribution >= 0.6 is 0 Å². The average molecular weight is 586 g/mol. The summed E-state index contributed by atoms with van der Waals surface area (Å²) in [6.45, 7) is 0. The van der Waals surface area contributed by atoms with E-state index in [1.54, 1.807) is 0 Å². The molecule has 0 amide bonds. The van der Waals surface area contributed by atoms with Crippen LogP contribution in [0.5, 0.6) is 0 Å². The standard InChI is InChI=1S/C43H27N3/c1-3-33(26-45-19-1)35-23-36(34-4-2-20-46-27-34)25-37(24-35)39-14-12-32-10-9-31-11-13-38(40-15-16-41(39)43(32)42(31)40)30-7-5-28(6-8-30)29-17-21-44-22-18-29/h1-27H. The van der Waals surface area contributed by atoms with Crippen LogP contribution in [0.4, 0.5) is 0 Å². The lowest BCUT2D eigenvalue weighted by molar-refractivity contribution is 1.32. The number of nitrogens with zero attached hydrogens (tertiary/aromatic N) is 3. The quantitative estimate of drug-likeness (QED) is 0.189. The van der Waals surface area contributed by atoms with E-state index in [1.807, 2.05) is 49.3 Å². The highest BCUT2D eigenvalue weighted by atomic mass is 14.6. The van der Waals surface area contributed by atoms with E-state index in [0.29, 0.717) is 0 Å². The maximum absolute atomic E-state index is 4.41. The molecule has 9 rings (SSSR count). The van der Waals surface area contributed by atoms with Crippen LogP contribution in [-0.4, -0.2) is 15.0 Å². The molecule has 0 saturated heterocycles. The lowest BCUT2D eigenvalue weighted by Crippen LogP contribution is -1.91. The molecule has 0 radical (unpaired) electrons.